The van der Waals surface area contributed by atoms with Gasteiger partial charge in [0.1, 0.15) is 5.69 Å². The lowest BCUT2D eigenvalue weighted by atomic mass is 10.3. The molecule has 2 N–H and O–H groups in total. The minimum atomic E-state index is 0.0503. The lowest BCUT2D eigenvalue weighted by Gasteiger charge is -1.96. The zero-order valence-electron chi connectivity index (χ0n) is 6.06. The third-order valence-electron chi connectivity index (χ3n) is 1.37. The second-order valence-electron chi connectivity index (χ2n) is 2.07. The van der Waals surface area contributed by atoms with Crippen LogP contribution in [0.1, 0.15) is 17.4 Å². The summed E-state index contributed by atoms with van der Waals surface area (Å²) in [5, 5.41) is 2.90. The summed E-state index contributed by atoms with van der Waals surface area (Å²) in [4.78, 5) is 13.7. The fraction of sp³-hybridized carbons (Fsp3) is 0.286. The van der Waals surface area contributed by atoms with Crippen LogP contribution in [0.4, 0.5) is 5.69 Å². The fourth-order valence-corrected chi connectivity index (χ4v) is 0.869. The summed E-state index contributed by atoms with van der Waals surface area (Å²) in [6.45, 7) is 1.53. The van der Waals surface area contributed by atoms with Gasteiger partial charge >= 0.3 is 0 Å². The smallest absolute Gasteiger partial charge is 0.178 e. The molecule has 1 heterocycles. The van der Waals surface area contributed by atoms with Crippen LogP contribution in [0, 0.1) is 0 Å². The van der Waals surface area contributed by atoms with Crippen LogP contribution in [0.25, 0.3) is 0 Å². The van der Waals surface area contributed by atoms with Crippen LogP contribution >= 0.6 is 0 Å². The molecule has 0 saturated carbocycles. The molecule has 0 fully saturated rings. The molecule has 1 rings (SSSR count). The fourth-order valence-electron chi connectivity index (χ4n) is 0.869. The van der Waals surface area contributed by atoms with E-state index in [2.05, 4.69) is 10.3 Å². The number of ketones is 1. The number of aromatic amines is 1. The van der Waals surface area contributed by atoms with Crippen molar-refractivity contribution in [2.75, 3.05) is 12.4 Å². The van der Waals surface area contributed by atoms with Crippen LogP contribution in [-0.4, -0.2) is 17.8 Å². The molecule has 0 unspecified atom stereocenters. The molecule has 0 radical (unpaired) electrons. The average Bonchev–Trinajstić information content (AvgIpc) is 2.33. The monoisotopic (exact) mass is 138 g/mol. The highest BCUT2D eigenvalue weighted by Crippen LogP contribution is 2.11. The van der Waals surface area contributed by atoms with Gasteiger partial charge in [-0.3, -0.25) is 4.79 Å². The van der Waals surface area contributed by atoms with Crippen molar-refractivity contribution in [2.24, 2.45) is 0 Å². The summed E-state index contributed by atoms with van der Waals surface area (Å²) in [6, 6.07) is 1.83. The Morgan fingerprint density at radius 3 is 2.80 bits per heavy atom. The summed E-state index contributed by atoms with van der Waals surface area (Å²) in [6.07, 6.45) is 1.74. The van der Waals surface area contributed by atoms with Gasteiger partial charge in [-0.2, -0.15) is 0 Å². The summed E-state index contributed by atoms with van der Waals surface area (Å²) < 4.78 is 0. The predicted molar refractivity (Wildman–Crippen MR) is 40.3 cm³/mol. The van der Waals surface area contributed by atoms with Gasteiger partial charge in [0.15, 0.2) is 5.78 Å². The Balaban J connectivity index is 3.01. The Bertz CT molecular complexity index is 240. The van der Waals surface area contributed by atoms with Crippen LogP contribution in [-0.2, 0) is 0 Å². The zero-order chi connectivity index (χ0) is 7.56. The van der Waals surface area contributed by atoms with Gasteiger partial charge in [-0.1, -0.05) is 0 Å². The van der Waals surface area contributed by atoms with E-state index in [4.69, 9.17) is 0 Å². The minimum absolute atomic E-state index is 0.0503. The van der Waals surface area contributed by atoms with Crippen molar-refractivity contribution in [2.45, 2.75) is 6.92 Å². The molecule has 0 bridgehead atoms. The maximum absolute atomic E-state index is 10.8. The number of carbonyl (C=O) groups is 1. The molecule has 0 atom stereocenters. The summed E-state index contributed by atoms with van der Waals surface area (Å²) >= 11 is 0. The number of hydrogen-bond acceptors (Lipinski definition) is 2. The molecule has 3 nitrogen and oxygen atoms in total. The first-order valence-electron chi connectivity index (χ1n) is 3.11. The van der Waals surface area contributed by atoms with E-state index >= 15 is 0 Å². The molecule has 3 heteroatoms. The van der Waals surface area contributed by atoms with Crippen molar-refractivity contribution in [1.82, 2.24) is 4.98 Å². The molecule has 0 aliphatic carbocycles. The van der Waals surface area contributed by atoms with E-state index in [9.17, 15) is 4.79 Å². The number of aromatic nitrogens is 1. The van der Waals surface area contributed by atoms with Gasteiger partial charge in [-0.15, -0.1) is 0 Å². The summed E-state index contributed by atoms with van der Waals surface area (Å²) in [5.74, 6) is 0.0503. The van der Waals surface area contributed by atoms with E-state index in [1.807, 2.05) is 6.07 Å². The minimum Gasteiger partial charge on any atom is -0.386 e. The second kappa shape index (κ2) is 2.56. The number of nitrogens with one attached hydrogen (secondary N) is 2. The van der Waals surface area contributed by atoms with Crippen LogP contribution in [0.15, 0.2) is 12.3 Å². The van der Waals surface area contributed by atoms with Crippen LogP contribution in [0.3, 0.4) is 0 Å². The van der Waals surface area contributed by atoms with Crippen molar-refractivity contribution >= 4 is 11.5 Å². The van der Waals surface area contributed by atoms with Crippen molar-refractivity contribution in [1.29, 1.82) is 0 Å². The molecule has 0 aromatic carbocycles. The number of H-pyrrole nitrogens is 1. The summed E-state index contributed by atoms with van der Waals surface area (Å²) in [7, 11) is 1.79. The number of Topliss-reactive ketones (excluding diaryl/α,β-unsaturated/α-hetero) is 1. The molecule has 0 amide bonds. The van der Waals surface area contributed by atoms with E-state index in [0.29, 0.717) is 5.69 Å². The Labute approximate surface area is 59.4 Å². The molecule has 0 aliphatic heterocycles. The maximum atomic E-state index is 10.8. The highest BCUT2D eigenvalue weighted by atomic mass is 16.1. The number of rotatable bonds is 2. The lowest BCUT2D eigenvalue weighted by molar-refractivity contribution is 0.101. The van der Waals surface area contributed by atoms with Gasteiger partial charge in [0, 0.05) is 20.2 Å². The molecule has 10 heavy (non-hydrogen) atoms. The van der Waals surface area contributed by atoms with Gasteiger partial charge in [-0.25, -0.2) is 0 Å². The Morgan fingerprint density at radius 1 is 1.70 bits per heavy atom. The standard InChI is InChI=1S/C7H10N2O/c1-5(10)7-6(8-2)3-4-9-7/h3-4,8-9H,1-2H3. The van der Waals surface area contributed by atoms with Crippen molar-refractivity contribution in [3.05, 3.63) is 18.0 Å². The van der Waals surface area contributed by atoms with E-state index in [1.54, 1.807) is 13.2 Å². The lowest BCUT2D eigenvalue weighted by Crippen LogP contribution is -1.97. The molecule has 1 aromatic rings. The maximum Gasteiger partial charge on any atom is 0.178 e. The first-order valence-corrected chi connectivity index (χ1v) is 3.11. The van der Waals surface area contributed by atoms with Crippen LogP contribution in [0.5, 0.6) is 0 Å². The third kappa shape index (κ3) is 1.03. The molecular formula is C7H10N2O. The highest BCUT2D eigenvalue weighted by Gasteiger charge is 2.04. The SMILES string of the molecule is CNc1cc[nH]c1C(C)=O. The van der Waals surface area contributed by atoms with Crippen molar-refractivity contribution in [3.63, 3.8) is 0 Å². The molecule has 0 aliphatic rings. The van der Waals surface area contributed by atoms with Crippen LogP contribution < -0.4 is 5.32 Å². The highest BCUT2D eigenvalue weighted by molar-refractivity contribution is 5.97. The normalized spacial score (nSPS) is 9.40. The third-order valence-corrected chi connectivity index (χ3v) is 1.37. The zero-order valence-corrected chi connectivity index (χ0v) is 6.06. The predicted octanol–water partition coefficient (Wildman–Crippen LogP) is 1.26. The number of anilines is 1. The molecule has 0 spiro atoms. The van der Waals surface area contributed by atoms with Crippen LogP contribution in [0.2, 0.25) is 0 Å². The van der Waals surface area contributed by atoms with Gasteiger partial charge < -0.3 is 10.3 Å². The molecule has 1 aromatic heterocycles. The van der Waals surface area contributed by atoms with Gasteiger partial charge in [0.25, 0.3) is 0 Å². The van der Waals surface area contributed by atoms with E-state index in [1.165, 1.54) is 6.92 Å². The van der Waals surface area contributed by atoms with E-state index in [0.717, 1.165) is 5.69 Å². The van der Waals surface area contributed by atoms with Crippen molar-refractivity contribution < 1.29 is 4.79 Å². The number of hydrogen-bond donors (Lipinski definition) is 2. The quantitative estimate of drug-likeness (QED) is 0.604. The Hall–Kier alpha value is -1.25. The van der Waals surface area contributed by atoms with E-state index < -0.39 is 0 Å². The number of carbonyl (C=O) groups excluding carboxylic acids is 1. The van der Waals surface area contributed by atoms with Crippen molar-refractivity contribution in [3.8, 4) is 0 Å². The van der Waals surface area contributed by atoms with Gasteiger partial charge in [0.2, 0.25) is 0 Å². The average molecular weight is 138 g/mol. The Morgan fingerprint density at radius 2 is 2.40 bits per heavy atom. The second-order valence-corrected chi connectivity index (χ2v) is 2.07. The van der Waals surface area contributed by atoms with E-state index in [-0.39, 0.29) is 5.78 Å². The first-order chi connectivity index (χ1) is 4.75. The molecular weight excluding hydrogens is 128 g/mol. The Kier molecular flexibility index (Phi) is 1.76. The molecule has 0 saturated heterocycles. The topological polar surface area (TPSA) is 44.9 Å². The largest absolute Gasteiger partial charge is 0.386 e. The van der Waals surface area contributed by atoms with Gasteiger partial charge in [-0.05, 0) is 6.07 Å². The summed E-state index contributed by atoms with van der Waals surface area (Å²) in [5.41, 5.74) is 1.50. The molecule has 54 valence electrons. The van der Waals surface area contributed by atoms with Gasteiger partial charge in [0.05, 0.1) is 5.69 Å². The first kappa shape index (κ1) is 6.86.